The van der Waals surface area contributed by atoms with Crippen LogP contribution in [0.1, 0.15) is 39.7 Å². The second-order valence-corrected chi connectivity index (χ2v) is 13.5. The van der Waals surface area contributed by atoms with Crippen LogP contribution in [0.4, 0.5) is 0 Å². The van der Waals surface area contributed by atoms with Crippen molar-refractivity contribution in [2.45, 2.75) is 6.10 Å². The van der Waals surface area contributed by atoms with Crippen molar-refractivity contribution in [3.05, 3.63) is 201 Å². The first-order valence-corrected chi connectivity index (χ1v) is 17.8. The number of aliphatic hydroxyl groups is 1. The van der Waals surface area contributed by atoms with E-state index in [4.69, 9.17) is 33.2 Å². The summed E-state index contributed by atoms with van der Waals surface area (Å²) >= 11 is 12.5. The molecule has 3 nitrogen and oxygen atoms in total. The van der Waals surface area contributed by atoms with Gasteiger partial charge in [-0.25, -0.2) is 9.97 Å². The Labute approximate surface area is 312 Å². The molecule has 0 saturated carbocycles. The lowest BCUT2D eigenvalue weighted by Crippen LogP contribution is -2.01. The molecule has 0 spiro atoms. The van der Waals surface area contributed by atoms with E-state index in [2.05, 4.69) is 48.6 Å². The molecular formula is C47H32Cl2N2O. The highest BCUT2D eigenvalue weighted by atomic mass is 35.5. The van der Waals surface area contributed by atoms with Crippen molar-refractivity contribution in [3.63, 3.8) is 0 Å². The highest BCUT2D eigenvalue weighted by Crippen LogP contribution is 2.34. The standard InChI is InChI=1S/C47H32Cl2N2O/c48-39-19-13-33(14-20-39)41-29-37-27-35(17-25-43(37)50-45(41)23-11-31-7-3-1-4-8-31)47(52)36-18-26-44-38(28-36)30-42(34-15-21-40(49)22-16-34)46(51-44)24-12-32-9-5-2-6-10-32/h1-30,47,52H. The summed E-state index contributed by atoms with van der Waals surface area (Å²) in [5.41, 5.74) is 11.1. The summed E-state index contributed by atoms with van der Waals surface area (Å²) in [5.74, 6) is 0. The first-order valence-electron chi connectivity index (χ1n) is 17.0. The Balaban J connectivity index is 1.17. The van der Waals surface area contributed by atoms with Crippen molar-refractivity contribution >= 4 is 69.3 Å². The third kappa shape index (κ3) is 7.30. The van der Waals surface area contributed by atoms with Gasteiger partial charge in [0, 0.05) is 31.9 Å². The number of fused-ring (bicyclic) bond motifs is 2. The second-order valence-electron chi connectivity index (χ2n) is 12.7. The maximum absolute atomic E-state index is 11.8. The van der Waals surface area contributed by atoms with E-state index < -0.39 is 6.10 Å². The number of aliphatic hydroxyl groups excluding tert-OH is 1. The van der Waals surface area contributed by atoms with Gasteiger partial charge in [0.05, 0.1) is 22.4 Å². The summed E-state index contributed by atoms with van der Waals surface area (Å²) < 4.78 is 0. The van der Waals surface area contributed by atoms with E-state index in [-0.39, 0.29) is 0 Å². The molecule has 250 valence electrons. The van der Waals surface area contributed by atoms with Gasteiger partial charge in [-0.3, -0.25) is 0 Å². The van der Waals surface area contributed by atoms with Gasteiger partial charge in [0.2, 0.25) is 0 Å². The summed E-state index contributed by atoms with van der Waals surface area (Å²) in [6, 6.07) is 52.1. The Morgan fingerprint density at radius 1 is 0.442 bits per heavy atom. The molecular weight excluding hydrogens is 679 g/mol. The molecule has 0 aliphatic rings. The highest BCUT2D eigenvalue weighted by Gasteiger charge is 2.16. The SMILES string of the molecule is OC(c1ccc2nc(C=Cc3ccccc3)c(-c3ccc(Cl)cc3)cc2c1)c1ccc2nc(C=Cc3ccccc3)c(-c3ccc(Cl)cc3)cc2c1. The van der Waals surface area contributed by atoms with Gasteiger partial charge in [0.1, 0.15) is 6.10 Å². The molecule has 0 radical (unpaired) electrons. The Bertz CT molecular complexity index is 2400. The topological polar surface area (TPSA) is 46.0 Å². The van der Waals surface area contributed by atoms with Gasteiger partial charge >= 0.3 is 0 Å². The molecule has 8 rings (SSSR count). The number of rotatable bonds is 8. The fourth-order valence-electron chi connectivity index (χ4n) is 6.41. The fraction of sp³-hybridized carbons (Fsp3) is 0.0213. The number of pyridine rings is 2. The van der Waals surface area contributed by atoms with E-state index in [0.717, 1.165) is 77.7 Å². The van der Waals surface area contributed by atoms with Crippen molar-refractivity contribution in [1.29, 1.82) is 0 Å². The minimum atomic E-state index is -0.859. The predicted octanol–water partition coefficient (Wildman–Crippen LogP) is 12.8. The molecule has 0 atom stereocenters. The van der Waals surface area contributed by atoms with Gasteiger partial charge in [-0.15, -0.1) is 0 Å². The third-order valence-corrected chi connectivity index (χ3v) is 9.65. The Morgan fingerprint density at radius 3 is 1.25 bits per heavy atom. The van der Waals surface area contributed by atoms with Crippen LogP contribution in [0.5, 0.6) is 0 Å². The average molecular weight is 712 g/mol. The lowest BCUT2D eigenvalue weighted by molar-refractivity contribution is 0.220. The quantitative estimate of drug-likeness (QED) is 0.171. The van der Waals surface area contributed by atoms with Crippen molar-refractivity contribution < 1.29 is 5.11 Å². The number of nitrogens with zero attached hydrogens (tertiary/aromatic N) is 2. The van der Waals surface area contributed by atoms with E-state index >= 15 is 0 Å². The first-order chi connectivity index (χ1) is 25.5. The van der Waals surface area contributed by atoms with Gasteiger partial charge in [-0.2, -0.15) is 0 Å². The molecule has 52 heavy (non-hydrogen) atoms. The first kappa shape index (κ1) is 33.3. The molecule has 0 saturated heterocycles. The summed E-state index contributed by atoms with van der Waals surface area (Å²) in [6.07, 6.45) is 7.38. The molecule has 2 heterocycles. The van der Waals surface area contributed by atoms with Crippen LogP contribution in [0.15, 0.2) is 158 Å². The monoisotopic (exact) mass is 710 g/mol. The van der Waals surface area contributed by atoms with Crippen LogP contribution in [0.3, 0.4) is 0 Å². The van der Waals surface area contributed by atoms with E-state index in [1.807, 2.05) is 133 Å². The minimum absolute atomic E-state index is 0.676. The molecule has 2 aromatic heterocycles. The summed E-state index contributed by atoms with van der Waals surface area (Å²) in [4.78, 5) is 10.1. The molecule has 0 amide bonds. The van der Waals surface area contributed by atoms with Crippen LogP contribution < -0.4 is 0 Å². The predicted molar refractivity (Wildman–Crippen MR) is 219 cm³/mol. The molecule has 0 aliphatic heterocycles. The Hall–Kier alpha value is -5.84. The van der Waals surface area contributed by atoms with Crippen molar-refractivity contribution in [2.24, 2.45) is 0 Å². The maximum Gasteiger partial charge on any atom is 0.104 e. The van der Waals surface area contributed by atoms with Crippen molar-refractivity contribution in [3.8, 4) is 22.3 Å². The molecule has 0 unspecified atom stereocenters. The zero-order chi connectivity index (χ0) is 35.4. The van der Waals surface area contributed by atoms with Gasteiger partial charge in [0.15, 0.2) is 0 Å². The summed E-state index contributed by atoms with van der Waals surface area (Å²) in [5, 5.41) is 15.0. The van der Waals surface area contributed by atoms with Gasteiger partial charge in [-0.05, 0) is 106 Å². The summed E-state index contributed by atoms with van der Waals surface area (Å²) in [6.45, 7) is 0. The highest BCUT2D eigenvalue weighted by molar-refractivity contribution is 6.31. The lowest BCUT2D eigenvalue weighted by Gasteiger charge is -2.15. The molecule has 1 N–H and O–H groups in total. The number of halogens is 2. The molecule has 5 heteroatoms. The largest absolute Gasteiger partial charge is 0.384 e. The van der Waals surface area contributed by atoms with Crippen LogP contribution in [0.25, 0.3) is 68.4 Å². The minimum Gasteiger partial charge on any atom is -0.384 e. The van der Waals surface area contributed by atoms with Gasteiger partial charge in [0.25, 0.3) is 0 Å². The summed E-state index contributed by atoms with van der Waals surface area (Å²) in [7, 11) is 0. The fourth-order valence-corrected chi connectivity index (χ4v) is 6.66. The maximum atomic E-state index is 11.8. The number of hydrogen-bond donors (Lipinski definition) is 1. The van der Waals surface area contributed by atoms with E-state index in [1.54, 1.807) is 0 Å². The Morgan fingerprint density at radius 2 is 0.846 bits per heavy atom. The molecule has 8 aromatic rings. The van der Waals surface area contributed by atoms with Gasteiger partial charge < -0.3 is 5.11 Å². The smallest absolute Gasteiger partial charge is 0.104 e. The number of hydrogen-bond acceptors (Lipinski definition) is 3. The van der Waals surface area contributed by atoms with Crippen molar-refractivity contribution in [1.82, 2.24) is 9.97 Å². The van der Waals surface area contributed by atoms with Crippen LogP contribution in [0, 0.1) is 0 Å². The van der Waals surface area contributed by atoms with Crippen LogP contribution in [0.2, 0.25) is 10.0 Å². The van der Waals surface area contributed by atoms with Crippen LogP contribution >= 0.6 is 23.2 Å². The molecule has 0 bridgehead atoms. The van der Waals surface area contributed by atoms with Crippen molar-refractivity contribution in [2.75, 3.05) is 0 Å². The number of aromatic nitrogens is 2. The zero-order valence-corrected chi connectivity index (χ0v) is 29.5. The van der Waals surface area contributed by atoms with Crippen LogP contribution in [-0.2, 0) is 0 Å². The van der Waals surface area contributed by atoms with Crippen LogP contribution in [-0.4, -0.2) is 15.1 Å². The zero-order valence-electron chi connectivity index (χ0n) is 28.0. The molecule has 0 aliphatic carbocycles. The van der Waals surface area contributed by atoms with Gasteiger partial charge in [-0.1, -0.05) is 132 Å². The third-order valence-electron chi connectivity index (χ3n) is 9.14. The molecule has 0 fully saturated rings. The Kier molecular flexibility index (Phi) is 9.48. The number of benzene rings is 6. The van der Waals surface area contributed by atoms with E-state index in [1.165, 1.54) is 0 Å². The lowest BCUT2D eigenvalue weighted by atomic mass is 9.95. The second kappa shape index (κ2) is 14.8. The molecule has 6 aromatic carbocycles. The van der Waals surface area contributed by atoms with E-state index in [9.17, 15) is 5.11 Å². The van der Waals surface area contributed by atoms with E-state index in [0.29, 0.717) is 10.0 Å². The average Bonchev–Trinajstić information content (AvgIpc) is 3.19. The normalized spacial score (nSPS) is 12.3.